The number of halogens is 1. The third-order valence-electron chi connectivity index (χ3n) is 7.21. The van der Waals surface area contributed by atoms with Crippen LogP contribution in [0.25, 0.3) is 0 Å². The maximum absolute atomic E-state index is 14.3. The van der Waals surface area contributed by atoms with Gasteiger partial charge in [0.2, 0.25) is 12.7 Å². The molecule has 2 aromatic carbocycles. The van der Waals surface area contributed by atoms with Gasteiger partial charge in [0, 0.05) is 30.8 Å². The highest BCUT2D eigenvalue weighted by Gasteiger charge is 2.51. The molecule has 3 aliphatic heterocycles. The first-order chi connectivity index (χ1) is 16.1. The highest BCUT2D eigenvalue weighted by molar-refractivity contribution is 6.62. The van der Waals surface area contributed by atoms with E-state index < -0.39 is 30.5 Å². The monoisotopic (exact) mass is 468 g/mol. The molecule has 0 radical (unpaired) electrons. The van der Waals surface area contributed by atoms with Crippen LogP contribution < -0.4 is 20.3 Å². The summed E-state index contributed by atoms with van der Waals surface area (Å²) in [6, 6.07) is 12.5. The van der Waals surface area contributed by atoms with Crippen LogP contribution in [-0.2, 0) is 20.6 Å². The molecule has 3 aliphatic rings. The van der Waals surface area contributed by atoms with Crippen molar-refractivity contribution in [1.29, 1.82) is 0 Å². The Balaban J connectivity index is 1.25. The molecule has 2 aromatic rings. The minimum atomic E-state index is -1.06. The topological polar surface area (TPSA) is 69.3 Å². The van der Waals surface area contributed by atoms with E-state index in [-0.39, 0.29) is 25.7 Å². The minimum Gasteiger partial charge on any atom is -0.454 e. The fraction of sp³-hybridized carbons (Fsp3) is 0.480. The second kappa shape index (κ2) is 8.55. The molecule has 0 aliphatic carbocycles. The SMILES string of the molecule is CC1(C)OB(c2ccc(NC(=O)[C@H]3C[C@H](F)CN3Cc3cccc4c3OCO4)cc2)OC1(C)C. The van der Waals surface area contributed by atoms with Crippen molar-refractivity contribution in [3.8, 4) is 11.5 Å². The first-order valence-corrected chi connectivity index (χ1v) is 11.6. The summed E-state index contributed by atoms with van der Waals surface area (Å²) in [4.78, 5) is 14.9. The molecule has 0 unspecified atom stereocenters. The molecule has 1 amide bonds. The van der Waals surface area contributed by atoms with Crippen LogP contribution in [-0.4, -0.2) is 54.7 Å². The number of likely N-dealkylation sites (tertiary alicyclic amines) is 1. The van der Waals surface area contributed by atoms with Crippen LogP contribution in [0.15, 0.2) is 42.5 Å². The van der Waals surface area contributed by atoms with Crippen LogP contribution in [0.2, 0.25) is 0 Å². The Morgan fingerprint density at radius 3 is 2.50 bits per heavy atom. The van der Waals surface area contributed by atoms with Crippen LogP contribution in [0.3, 0.4) is 0 Å². The van der Waals surface area contributed by atoms with Crippen molar-refractivity contribution in [3.63, 3.8) is 0 Å². The van der Waals surface area contributed by atoms with Gasteiger partial charge in [-0.2, -0.15) is 0 Å². The van der Waals surface area contributed by atoms with Gasteiger partial charge >= 0.3 is 7.12 Å². The molecule has 7 nitrogen and oxygen atoms in total. The van der Waals surface area contributed by atoms with E-state index in [4.69, 9.17) is 18.8 Å². The van der Waals surface area contributed by atoms with Crippen molar-refractivity contribution in [2.24, 2.45) is 0 Å². The van der Waals surface area contributed by atoms with E-state index in [1.54, 1.807) is 0 Å². The van der Waals surface area contributed by atoms with Crippen molar-refractivity contribution in [2.45, 2.75) is 64.1 Å². The van der Waals surface area contributed by atoms with E-state index in [9.17, 15) is 9.18 Å². The predicted octanol–water partition coefficient (Wildman–Crippen LogP) is 3.27. The van der Waals surface area contributed by atoms with Gasteiger partial charge in [0.25, 0.3) is 0 Å². The van der Waals surface area contributed by atoms with E-state index in [1.807, 2.05) is 75.1 Å². The zero-order valence-electron chi connectivity index (χ0n) is 20.0. The third-order valence-corrected chi connectivity index (χ3v) is 7.21. The molecular formula is C25H30BFN2O5. The van der Waals surface area contributed by atoms with Crippen LogP contribution in [0, 0.1) is 0 Å². The largest absolute Gasteiger partial charge is 0.494 e. The number of nitrogens with one attached hydrogen (secondary N) is 1. The molecule has 3 heterocycles. The Kier molecular flexibility index (Phi) is 5.82. The summed E-state index contributed by atoms with van der Waals surface area (Å²) in [7, 11) is -0.467. The summed E-state index contributed by atoms with van der Waals surface area (Å²) in [6.45, 7) is 8.82. The number of alkyl halides is 1. The number of nitrogens with zero attached hydrogens (tertiary/aromatic N) is 1. The highest BCUT2D eigenvalue weighted by atomic mass is 19.1. The molecule has 34 heavy (non-hydrogen) atoms. The van der Waals surface area contributed by atoms with Gasteiger partial charge in [-0.25, -0.2) is 4.39 Å². The Bertz CT molecular complexity index is 1060. The van der Waals surface area contributed by atoms with Gasteiger partial charge in [-0.15, -0.1) is 0 Å². The molecule has 180 valence electrons. The molecule has 0 bridgehead atoms. The summed E-state index contributed by atoms with van der Waals surface area (Å²) in [5.74, 6) is 1.12. The van der Waals surface area contributed by atoms with Crippen LogP contribution in [0.1, 0.15) is 39.7 Å². The summed E-state index contributed by atoms with van der Waals surface area (Å²) >= 11 is 0. The average molecular weight is 468 g/mol. The molecule has 2 atom stereocenters. The quantitative estimate of drug-likeness (QED) is 0.680. The van der Waals surface area contributed by atoms with E-state index >= 15 is 0 Å². The zero-order valence-corrected chi connectivity index (χ0v) is 20.0. The molecule has 2 saturated heterocycles. The number of benzene rings is 2. The van der Waals surface area contributed by atoms with E-state index in [0.29, 0.717) is 23.7 Å². The number of carbonyl (C=O) groups is 1. The van der Waals surface area contributed by atoms with Crippen molar-refractivity contribution >= 4 is 24.2 Å². The lowest BCUT2D eigenvalue weighted by molar-refractivity contribution is -0.120. The normalized spacial score (nSPS) is 25.0. The van der Waals surface area contributed by atoms with Crippen molar-refractivity contribution in [3.05, 3.63) is 48.0 Å². The van der Waals surface area contributed by atoms with Gasteiger partial charge in [-0.1, -0.05) is 24.3 Å². The summed E-state index contributed by atoms with van der Waals surface area (Å²) in [5.41, 5.74) is 1.56. The molecule has 0 saturated carbocycles. The number of carbonyl (C=O) groups excluding carboxylic acids is 1. The fourth-order valence-electron chi connectivity index (χ4n) is 4.56. The maximum atomic E-state index is 14.3. The molecule has 1 N–H and O–H groups in total. The molecular weight excluding hydrogens is 438 g/mol. The summed E-state index contributed by atoms with van der Waals surface area (Å²) in [5, 5.41) is 2.94. The lowest BCUT2D eigenvalue weighted by Crippen LogP contribution is -2.41. The van der Waals surface area contributed by atoms with Gasteiger partial charge in [-0.05, 0) is 51.4 Å². The number of anilines is 1. The number of hydrogen-bond donors (Lipinski definition) is 1. The zero-order chi connectivity index (χ0) is 24.1. The Morgan fingerprint density at radius 1 is 1.09 bits per heavy atom. The standard InChI is InChI=1S/C25H30BFN2O5/c1-24(2)25(3,4)34-26(33-24)17-8-10-19(11-9-17)28-23(30)20-12-18(27)14-29(20)13-16-6-5-7-21-22(16)32-15-31-21/h5-11,18,20H,12-15H2,1-4H3,(H,28,30)/t18-,20+/m0/s1. The van der Waals surface area contributed by atoms with Crippen LogP contribution in [0.5, 0.6) is 11.5 Å². The minimum absolute atomic E-state index is 0.157. The lowest BCUT2D eigenvalue weighted by atomic mass is 9.79. The third kappa shape index (κ3) is 4.28. The summed E-state index contributed by atoms with van der Waals surface area (Å²) < 4.78 is 37.5. The Morgan fingerprint density at radius 2 is 1.79 bits per heavy atom. The number of rotatable bonds is 5. The van der Waals surface area contributed by atoms with E-state index in [1.165, 1.54) is 0 Å². The van der Waals surface area contributed by atoms with E-state index in [0.717, 1.165) is 11.0 Å². The van der Waals surface area contributed by atoms with E-state index in [2.05, 4.69) is 5.32 Å². The second-order valence-corrected chi connectivity index (χ2v) is 10.1. The van der Waals surface area contributed by atoms with Crippen LogP contribution >= 0.6 is 0 Å². The fourth-order valence-corrected chi connectivity index (χ4v) is 4.56. The van der Waals surface area contributed by atoms with Gasteiger partial charge in [0.15, 0.2) is 11.5 Å². The van der Waals surface area contributed by atoms with Crippen molar-refractivity contribution < 1.29 is 28.0 Å². The van der Waals surface area contributed by atoms with Crippen molar-refractivity contribution in [1.82, 2.24) is 4.90 Å². The molecule has 0 spiro atoms. The molecule has 5 rings (SSSR count). The highest BCUT2D eigenvalue weighted by Crippen LogP contribution is 2.38. The van der Waals surface area contributed by atoms with Crippen LogP contribution in [0.4, 0.5) is 10.1 Å². The number of fused-ring (bicyclic) bond motifs is 1. The first-order valence-electron chi connectivity index (χ1n) is 11.6. The predicted molar refractivity (Wildman–Crippen MR) is 127 cm³/mol. The molecule has 2 fully saturated rings. The average Bonchev–Trinajstić information content (AvgIpc) is 3.45. The first kappa shape index (κ1) is 23.1. The molecule has 9 heteroatoms. The molecule has 0 aromatic heterocycles. The Hall–Kier alpha value is -2.62. The van der Waals surface area contributed by atoms with Gasteiger partial charge < -0.3 is 24.1 Å². The number of amides is 1. The second-order valence-electron chi connectivity index (χ2n) is 10.1. The Labute approximate surface area is 199 Å². The number of hydrogen-bond acceptors (Lipinski definition) is 6. The van der Waals surface area contributed by atoms with Gasteiger partial charge in [-0.3, -0.25) is 9.69 Å². The lowest BCUT2D eigenvalue weighted by Gasteiger charge is -2.32. The summed E-state index contributed by atoms with van der Waals surface area (Å²) in [6.07, 6.45) is -0.903. The van der Waals surface area contributed by atoms with Gasteiger partial charge in [0.1, 0.15) is 6.17 Å². The maximum Gasteiger partial charge on any atom is 0.494 e. The van der Waals surface area contributed by atoms with Gasteiger partial charge in [0.05, 0.1) is 17.2 Å². The number of ether oxygens (including phenoxy) is 2. The number of para-hydroxylation sites is 1. The smallest absolute Gasteiger partial charge is 0.454 e. The van der Waals surface area contributed by atoms with Crippen molar-refractivity contribution in [2.75, 3.05) is 18.7 Å².